The van der Waals surface area contributed by atoms with Crippen LogP contribution in [0.5, 0.6) is 11.5 Å². The van der Waals surface area contributed by atoms with Gasteiger partial charge in [-0.15, -0.1) is 0 Å². The number of nitrogens with zero attached hydrogens (tertiary/aromatic N) is 3. The van der Waals surface area contributed by atoms with Crippen LogP contribution < -0.4 is 15.0 Å². The number of nitro groups is 1. The summed E-state index contributed by atoms with van der Waals surface area (Å²) in [4.78, 5) is 28.3. The summed E-state index contributed by atoms with van der Waals surface area (Å²) in [5, 5.41) is 14.0. The molecule has 0 bridgehead atoms. The maximum atomic E-state index is 13.3. The van der Waals surface area contributed by atoms with Crippen LogP contribution >= 0.6 is 0 Å². The second-order valence-electron chi connectivity index (χ2n) is 6.84. The highest BCUT2D eigenvalue weighted by molar-refractivity contribution is 6.01. The van der Waals surface area contributed by atoms with Crippen molar-refractivity contribution < 1.29 is 14.4 Å². The Morgan fingerprint density at radius 1 is 1.16 bits per heavy atom. The van der Waals surface area contributed by atoms with Crippen molar-refractivity contribution >= 4 is 17.1 Å². The van der Waals surface area contributed by atoms with Crippen LogP contribution in [-0.2, 0) is 6.42 Å². The van der Waals surface area contributed by atoms with Crippen LogP contribution in [0.25, 0.3) is 5.69 Å². The van der Waals surface area contributed by atoms with Crippen molar-refractivity contribution in [3.63, 3.8) is 0 Å². The molecule has 0 radical (unpaired) electrons. The van der Waals surface area contributed by atoms with Crippen molar-refractivity contribution in [3.05, 3.63) is 74.2 Å². The van der Waals surface area contributed by atoms with Gasteiger partial charge in [0.2, 0.25) is 0 Å². The number of non-ortho nitro benzene ring substituents is 1. The van der Waals surface area contributed by atoms with E-state index in [9.17, 15) is 14.9 Å². The summed E-state index contributed by atoms with van der Waals surface area (Å²) in [6.07, 6.45) is 1.47. The molecule has 0 amide bonds. The van der Waals surface area contributed by atoms with Crippen LogP contribution in [-0.4, -0.2) is 34.6 Å². The Morgan fingerprint density at radius 2 is 1.87 bits per heavy atom. The van der Waals surface area contributed by atoms with Gasteiger partial charge in [-0.3, -0.25) is 20.0 Å². The molecule has 3 aromatic rings. The van der Waals surface area contributed by atoms with E-state index in [1.54, 1.807) is 32.2 Å². The lowest BCUT2D eigenvalue weighted by molar-refractivity contribution is -0.384. The number of rotatable bonds is 8. The topological polar surface area (TPSA) is 112 Å². The number of H-pyrrole nitrogens is 1. The molecule has 0 atom stereocenters. The summed E-state index contributed by atoms with van der Waals surface area (Å²) < 4.78 is 12.1. The second kappa shape index (κ2) is 9.29. The maximum Gasteiger partial charge on any atom is 0.280 e. The molecule has 1 aromatic heterocycles. The highest BCUT2D eigenvalue weighted by Gasteiger charge is 2.19. The van der Waals surface area contributed by atoms with E-state index in [2.05, 4.69) is 10.1 Å². The van der Waals surface area contributed by atoms with Gasteiger partial charge in [0.05, 0.1) is 36.1 Å². The van der Waals surface area contributed by atoms with E-state index in [0.29, 0.717) is 40.6 Å². The minimum atomic E-state index is -0.479. The SMILES string of the molecule is CCCc1[nH]n(-c2ccc([N+](=O)[O-])cc2)c(=O)c1C(C)=Nc1cccc(OC)c1OC. The van der Waals surface area contributed by atoms with E-state index >= 15 is 0 Å². The minimum absolute atomic E-state index is 0.0415. The van der Waals surface area contributed by atoms with Gasteiger partial charge in [0.25, 0.3) is 11.2 Å². The lowest BCUT2D eigenvalue weighted by Gasteiger charge is -2.10. The fourth-order valence-corrected chi connectivity index (χ4v) is 3.39. The standard InChI is InChI=1S/C22H24N4O5/c1-5-7-17-20(14(2)23-18-8-6-9-19(30-3)21(18)31-4)22(27)25(24-17)15-10-12-16(13-11-15)26(28)29/h6,8-13,24H,5,7H2,1-4H3. The summed E-state index contributed by atoms with van der Waals surface area (Å²) >= 11 is 0. The summed E-state index contributed by atoms with van der Waals surface area (Å²) in [5.74, 6) is 1.02. The van der Waals surface area contributed by atoms with Crippen LogP contribution in [0.4, 0.5) is 11.4 Å². The van der Waals surface area contributed by atoms with E-state index in [4.69, 9.17) is 9.47 Å². The Hall–Kier alpha value is -3.88. The van der Waals surface area contributed by atoms with Crippen molar-refractivity contribution in [2.45, 2.75) is 26.7 Å². The highest BCUT2D eigenvalue weighted by atomic mass is 16.6. The molecule has 0 fully saturated rings. The van der Waals surface area contributed by atoms with Gasteiger partial charge in [-0.05, 0) is 37.6 Å². The number of aliphatic imine (C=N–C) groups is 1. The van der Waals surface area contributed by atoms with Crippen molar-refractivity contribution in [2.75, 3.05) is 14.2 Å². The first-order valence-corrected chi connectivity index (χ1v) is 9.76. The minimum Gasteiger partial charge on any atom is -0.493 e. The van der Waals surface area contributed by atoms with E-state index < -0.39 is 4.92 Å². The molecule has 2 aromatic carbocycles. The lowest BCUT2D eigenvalue weighted by Crippen LogP contribution is -2.19. The third-order valence-corrected chi connectivity index (χ3v) is 4.82. The molecule has 31 heavy (non-hydrogen) atoms. The quantitative estimate of drug-likeness (QED) is 0.331. The van der Waals surface area contributed by atoms with Crippen LogP contribution in [0.15, 0.2) is 52.3 Å². The molecule has 0 aliphatic rings. The van der Waals surface area contributed by atoms with Gasteiger partial charge in [0.15, 0.2) is 11.5 Å². The Balaban J connectivity index is 2.12. The van der Waals surface area contributed by atoms with Gasteiger partial charge in [0.1, 0.15) is 5.69 Å². The number of methoxy groups -OCH3 is 2. The largest absolute Gasteiger partial charge is 0.493 e. The molecule has 0 saturated carbocycles. The average molecular weight is 424 g/mol. The first-order chi connectivity index (χ1) is 14.9. The second-order valence-corrected chi connectivity index (χ2v) is 6.84. The lowest BCUT2D eigenvalue weighted by atomic mass is 10.1. The molecular weight excluding hydrogens is 400 g/mol. The fraction of sp³-hybridized carbons (Fsp3) is 0.273. The van der Waals surface area contributed by atoms with Crippen LogP contribution in [0.2, 0.25) is 0 Å². The Labute approximate surface area is 179 Å². The zero-order chi connectivity index (χ0) is 22.5. The van der Waals surface area contributed by atoms with Crippen molar-refractivity contribution in [1.82, 2.24) is 9.78 Å². The molecule has 9 heteroatoms. The zero-order valence-corrected chi connectivity index (χ0v) is 17.8. The molecule has 3 rings (SSSR count). The number of para-hydroxylation sites is 1. The molecule has 162 valence electrons. The van der Waals surface area contributed by atoms with Crippen molar-refractivity contribution in [1.29, 1.82) is 0 Å². The number of ether oxygens (including phenoxy) is 2. The molecule has 0 unspecified atom stereocenters. The number of hydrogen-bond donors (Lipinski definition) is 1. The first kappa shape index (κ1) is 21.8. The van der Waals surface area contributed by atoms with E-state index in [1.807, 2.05) is 6.92 Å². The number of nitrogens with one attached hydrogen (secondary N) is 1. The van der Waals surface area contributed by atoms with Gasteiger partial charge in [0, 0.05) is 17.8 Å². The predicted octanol–water partition coefficient (Wildman–Crippen LogP) is 4.18. The summed E-state index contributed by atoms with van der Waals surface area (Å²) in [6, 6.07) is 11.2. The molecule has 0 spiro atoms. The van der Waals surface area contributed by atoms with Gasteiger partial charge in [-0.2, -0.15) is 0 Å². The molecule has 0 aliphatic carbocycles. The fourth-order valence-electron chi connectivity index (χ4n) is 3.39. The molecule has 9 nitrogen and oxygen atoms in total. The number of aromatic amines is 1. The van der Waals surface area contributed by atoms with Crippen LogP contribution in [0.1, 0.15) is 31.5 Å². The Bertz CT molecular complexity index is 1180. The predicted molar refractivity (Wildman–Crippen MR) is 118 cm³/mol. The molecule has 0 saturated heterocycles. The molecule has 1 heterocycles. The summed E-state index contributed by atoms with van der Waals surface area (Å²) in [7, 11) is 3.08. The third-order valence-electron chi connectivity index (χ3n) is 4.82. The number of benzene rings is 2. The normalized spacial score (nSPS) is 11.4. The van der Waals surface area contributed by atoms with Gasteiger partial charge >= 0.3 is 0 Å². The monoisotopic (exact) mass is 424 g/mol. The first-order valence-electron chi connectivity index (χ1n) is 9.76. The Morgan fingerprint density at radius 3 is 2.45 bits per heavy atom. The zero-order valence-electron chi connectivity index (χ0n) is 17.8. The molecule has 1 N–H and O–H groups in total. The molecule has 0 aliphatic heterocycles. The average Bonchev–Trinajstić information content (AvgIpc) is 3.09. The number of aromatic nitrogens is 2. The van der Waals surface area contributed by atoms with Crippen LogP contribution in [0, 0.1) is 10.1 Å². The van der Waals surface area contributed by atoms with E-state index in [0.717, 1.165) is 12.1 Å². The maximum absolute atomic E-state index is 13.3. The third kappa shape index (κ3) is 4.35. The van der Waals surface area contributed by atoms with Gasteiger partial charge in [-0.25, -0.2) is 9.67 Å². The van der Waals surface area contributed by atoms with E-state index in [-0.39, 0.29) is 11.2 Å². The van der Waals surface area contributed by atoms with E-state index in [1.165, 1.54) is 36.1 Å². The van der Waals surface area contributed by atoms with Crippen LogP contribution in [0.3, 0.4) is 0 Å². The molecular formula is C22H24N4O5. The number of aryl methyl sites for hydroxylation is 1. The summed E-state index contributed by atoms with van der Waals surface area (Å²) in [5.41, 5.74) is 2.46. The van der Waals surface area contributed by atoms with Crippen molar-refractivity contribution in [3.8, 4) is 17.2 Å². The van der Waals surface area contributed by atoms with Gasteiger partial charge < -0.3 is 9.47 Å². The van der Waals surface area contributed by atoms with Crippen molar-refractivity contribution in [2.24, 2.45) is 4.99 Å². The number of nitro benzene ring substituents is 1. The number of hydrogen-bond acceptors (Lipinski definition) is 6. The summed E-state index contributed by atoms with van der Waals surface area (Å²) in [6.45, 7) is 3.78. The van der Waals surface area contributed by atoms with Gasteiger partial charge in [-0.1, -0.05) is 19.4 Å². The Kier molecular flexibility index (Phi) is 6.54. The smallest absolute Gasteiger partial charge is 0.280 e. The highest BCUT2D eigenvalue weighted by Crippen LogP contribution is 2.37.